The summed E-state index contributed by atoms with van der Waals surface area (Å²) in [5.41, 5.74) is 3.07. The molecule has 35 heavy (non-hydrogen) atoms. The molecule has 5 nitrogen and oxygen atoms in total. The molecule has 5 heteroatoms. The van der Waals surface area contributed by atoms with Gasteiger partial charge in [0.1, 0.15) is 19.0 Å². The number of hydrogen-bond donors (Lipinski definition) is 0. The van der Waals surface area contributed by atoms with E-state index in [1.165, 1.54) is 0 Å². The molecule has 0 radical (unpaired) electrons. The van der Waals surface area contributed by atoms with Gasteiger partial charge in [0.15, 0.2) is 0 Å². The number of ether oxygens (including phenoxy) is 2. The molecule has 0 N–H and O–H groups in total. The molecule has 0 aromatic heterocycles. The smallest absolute Gasteiger partial charge is 0.293 e. The number of likely N-dealkylation sites (N-methyl/N-ethyl adjacent to an activating group) is 1. The van der Waals surface area contributed by atoms with Crippen LogP contribution in [0.4, 0.5) is 0 Å². The standard InChI is InChI=1S/C26H27NO4.2C2H6/c1-27(25(19-30-20-28)23-12-6-3-7-13-23)26(29)16-15-21-11-8-14-24(17-21)31-18-22-9-4-2-5-10-22;2*1-2/h2-14,17,20,25H,15-16,18-19H2,1H3;2*1-2H3/t25-;;/m0../s1. The Morgan fingerprint density at radius 2 is 1.46 bits per heavy atom. The summed E-state index contributed by atoms with van der Waals surface area (Å²) < 4.78 is 10.9. The fourth-order valence-electron chi connectivity index (χ4n) is 3.37. The van der Waals surface area contributed by atoms with Crippen LogP contribution in [0.5, 0.6) is 5.75 Å². The Hall–Kier alpha value is -3.60. The number of nitrogens with zero attached hydrogens (tertiary/aromatic N) is 1. The van der Waals surface area contributed by atoms with Crippen LogP contribution in [0.3, 0.4) is 0 Å². The summed E-state index contributed by atoms with van der Waals surface area (Å²) in [7, 11) is 1.74. The van der Waals surface area contributed by atoms with Crippen molar-refractivity contribution in [3.63, 3.8) is 0 Å². The molecule has 0 bridgehead atoms. The highest BCUT2D eigenvalue weighted by atomic mass is 16.5. The van der Waals surface area contributed by atoms with Gasteiger partial charge in [-0.05, 0) is 35.2 Å². The van der Waals surface area contributed by atoms with E-state index < -0.39 is 0 Å². The third-order valence-corrected chi connectivity index (χ3v) is 5.14. The Labute approximate surface area is 210 Å². The Kier molecular flexibility index (Phi) is 15.0. The zero-order valence-electron chi connectivity index (χ0n) is 21.6. The van der Waals surface area contributed by atoms with Crippen LogP contribution in [0.15, 0.2) is 84.9 Å². The highest BCUT2D eigenvalue weighted by Crippen LogP contribution is 2.22. The van der Waals surface area contributed by atoms with Gasteiger partial charge in [0.2, 0.25) is 5.91 Å². The lowest BCUT2D eigenvalue weighted by Gasteiger charge is -2.28. The second-order valence-corrected chi connectivity index (χ2v) is 7.28. The van der Waals surface area contributed by atoms with Gasteiger partial charge in [-0.15, -0.1) is 0 Å². The van der Waals surface area contributed by atoms with Gasteiger partial charge in [0.05, 0.1) is 6.04 Å². The van der Waals surface area contributed by atoms with Crippen molar-refractivity contribution < 1.29 is 19.1 Å². The highest BCUT2D eigenvalue weighted by molar-refractivity contribution is 5.76. The van der Waals surface area contributed by atoms with Gasteiger partial charge < -0.3 is 14.4 Å². The van der Waals surface area contributed by atoms with E-state index in [1.807, 2.05) is 113 Å². The maximum absolute atomic E-state index is 12.8. The normalized spacial score (nSPS) is 10.4. The third kappa shape index (κ3) is 10.5. The molecule has 188 valence electrons. The van der Waals surface area contributed by atoms with E-state index in [4.69, 9.17) is 9.47 Å². The topological polar surface area (TPSA) is 55.8 Å². The molecule has 0 fully saturated rings. The zero-order valence-corrected chi connectivity index (χ0v) is 21.6. The molecule has 0 aliphatic carbocycles. The highest BCUT2D eigenvalue weighted by Gasteiger charge is 2.22. The maximum Gasteiger partial charge on any atom is 0.293 e. The number of aryl methyl sites for hydroxylation is 1. The van der Waals surface area contributed by atoms with E-state index in [9.17, 15) is 9.59 Å². The summed E-state index contributed by atoms with van der Waals surface area (Å²) in [5, 5.41) is 0. The number of hydrogen-bond acceptors (Lipinski definition) is 4. The first-order valence-electron chi connectivity index (χ1n) is 12.3. The van der Waals surface area contributed by atoms with Gasteiger partial charge >= 0.3 is 0 Å². The number of carbonyl (C=O) groups excluding carboxylic acids is 2. The summed E-state index contributed by atoms with van der Waals surface area (Å²) in [5.74, 6) is 0.766. The van der Waals surface area contributed by atoms with Crippen LogP contribution in [0, 0.1) is 0 Å². The van der Waals surface area contributed by atoms with Crippen molar-refractivity contribution in [1.29, 1.82) is 0 Å². The summed E-state index contributed by atoms with van der Waals surface area (Å²) in [6.45, 7) is 9.04. The molecular weight excluding hydrogens is 438 g/mol. The van der Waals surface area contributed by atoms with Crippen molar-refractivity contribution >= 4 is 12.4 Å². The molecule has 1 amide bonds. The average Bonchev–Trinajstić information content (AvgIpc) is 2.94. The lowest BCUT2D eigenvalue weighted by molar-refractivity contribution is -0.138. The number of rotatable bonds is 11. The van der Waals surface area contributed by atoms with E-state index in [0.717, 1.165) is 22.4 Å². The van der Waals surface area contributed by atoms with Crippen LogP contribution in [-0.4, -0.2) is 30.9 Å². The molecule has 0 unspecified atom stereocenters. The van der Waals surface area contributed by atoms with Crippen molar-refractivity contribution in [2.75, 3.05) is 13.7 Å². The summed E-state index contributed by atoms with van der Waals surface area (Å²) in [6.07, 6.45) is 0.949. The fourth-order valence-corrected chi connectivity index (χ4v) is 3.37. The number of benzene rings is 3. The second-order valence-electron chi connectivity index (χ2n) is 7.28. The fraction of sp³-hybridized carbons (Fsp3) is 0.333. The van der Waals surface area contributed by atoms with Gasteiger partial charge in [-0.1, -0.05) is 100 Å². The SMILES string of the molecule is CC.CC.CN(C(=O)CCc1cccc(OCc2ccccc2)c1)[C@@H](COC=O)c1ccccc1. The van der Waals surface area contributed by atoms with Gasteiger partial charge in [-0.3, -0.25) is 9.59 Å². The third-order valence-electron chi connectivity index (χ3n) is 5.14. The van der Waals surface area contributed by atoms with Crippen molar-refractivity contribution in [2.45, 2.75) is 53.2 Å². The molecule has 1 atom stereocenters. The first-order chi connectivity index (χ1) is 17.2. The van der Waals surface area contributed by atoms with E-state index >= 15 is 0 Å². The Balaban J connectivity index is 0.00000145. The molecule has 0 aliphatic rings. The Bertz CT molecular complexity index is 960. The molecule has 0 saturated heterocycles. The average molecular weight is 478 g/mol. The van der Waals surface area contributed by atoms with E-state index in [0.29, 0.717) is 25.9 Å². The zero-order chi connectivity index (χ0) is 25.9. The van der Waals surface area contributed by atoms with Crippen LogP contribution in [0.1, 0.15) is 56.8 Å². The molecule has 3 rings (SSSR count). The van der Waals surface area contributed by atoms with Crippen molar-refractivity contribution in [2.24, 2.45) is 0 Å². The predicted octanol–water partition coefficient (Wildman–Crippen LogP) is 6.62. The number of amides is 1. The molecular formula is C30H39NO4. The van der Waals surface area contributed by atoms with Crippen LogP contribution >= 0.6 is 0 Å². The van der Waals surface area contributed by atoms with Crippen molar-refractivity contribution in [3.8, 4) is 5.75 Å². The quantitative estimate of drug-likeness (QED) is 0.291. The molecule has 0 aliphatic heterocycles. The van der Waals surface area contributed by atoms with E-state index in [2.05, 4.69) is 0 Å². The lowest BCUT2D eigenvalue weighted by atomic mass is 10.0. The summed E-state index contributed by atoms with van der Waals surface area (Å²) >= 11 is 0. The van der Waals surface area contributed by atoms with Crippen molar-refractivity contribution in [1.82, 2.24) is 4.90 Å². The van der Waals surface area contributed by atoms with Gasteiger partial charge in [-0.2, -0.15) is 0 Å². The van der Waals surface area contributed by atoms with Gasteiger partial charge in [0.25, 0.3) is 6.47 Å². The van der Waals surface area contributed by atoms with Gasteiger partial charge in [0, 0.05) is 13.5 Å². The van der Waals surface area contributed by atoms with Crippen LogP contribution in [-0.2, 0) is 27.4 Å². The molecule has 0 saturated carbocycles. The van der Waals surface area contributed by atoms with Crippen molar-refractivity contribution in [3.05, 3.63) is 102 Å². The van der Waals surface area contributed by atoms with E-state index in [-0.39, 0.29) is 18.6 Å². The molecule has 0 heterocycles. The monoisotopic (exact) mass is 477 g/mol. The Morgan fingerprint density at radius 3 is 2.09 bits per heavy atom. The lowest BCUT2D eigenvalue weighted by Crippen LogP contribution is -2.34. The predicted molar refractivity (Wildman–Crippen MR) is 142 cm³/mol. The van der Waals surface area contributed by atoms with Gasteiger partial charge in [-0.25, -0.2) is 0 Å². The minimum absolute atomic E-state index is 0.0149. The largest absolute Gasteiger partial charge is 0.489 e. The Morgan fingerprint density at radius 1 is 0.857 bits per heavy atom. The van der Waals surface area contributed by atoms with Crippen LogP contribution in [0.25, 0.3) is 0 Å². The first kappa shape index (κ1) is 29.4. The second kappa shape index (κ2) is 17.8. The summed E-state index contributed by atoms with van der Waals surface area (Å²) in [4.78, 5) is 25.2. The summed E-state index contributed by atoms with van der Waals surface area (Å²) in [6, 6.07) is 27.1. The van der Waals surface area contributed by atoms with E-state index in [1.54, 1.807) is 11.9 Å². The van der Waals surface area contributed by atoms with Crippen LogP contribution in [0.2, 0.25) is 0 Å². The molecule has 0 spiro atoms. The molecule has 3 aromatic carbocycles. The van der Waals surface area contributed by atoms with Crippen LogP contribution < -0.4 is 4.74 Å². The minimum Gasteiger partial charge on any atom is -0.489 e. The number of carbonyl (C=O) groups is 2. The minimum atomic E-state index is -0.320. The molecule has 3 aromatic rings. The first-order valence-corrected chi connectivity index (χ1v) is 12.3. The maximum atomic E-state index is 12.8.